The molecule has 1 atom stereocenters. The quantitative estimate of drug-likeness (QED) is 0.811. The van der Waals surface area contributed by atoms with Crippen molar-refractivity contribution in [1.29, 1.82) is 0 Å². The highest BCUT2D eigenvalue weighted by Gasteiger charge is 2.18. The predicted molar refractivity (Wildman–Crippen MR) is 85.4 cm³/mol. The Kier molecular flexibility index (Phi) is 4.09. The summed E-state index contributed by atoms with van der Waals surface area (Å²) in [5, 5.41) is 8.32. The lowest BCUT2D eigenvalue weighted by molar-refractivity contribution is -0.118. The number of fused-ring (bicyclic) bond motifs is 1. The lowest BCUT2D eigenvalue weighted by Crippen LogP contribution is -2.31. The lowest BCUT2D eigenvalue weighted by Gasteiger charge is -2.21. The SMILES string of the molecule is C[C@@H](NC(=O)Nc1ccncc1)c1ccc2c(c1)NC(=O)CO2. The van der Waals surface area contributed by atoms with E-state index >= 15 is 0 Å². The highest BCUT2D eigenvalue weighted by Crippen LogP contribution is 2.30. The van der Waals surface area contributed by atoms with E-state index in [4.69, 9.17) is 4.74 Å². The monoisotopic (exact) mass is 312 g/mol. The average molecular weight is 312 g/mol. The summed E-state index contributed by atoms with van der Waals surface area (Å²) >= 11 is 0. The molecule has 1 aromatic heterocycles. The van der Waals surface area contributed by atoms with Crippen molar-refractivity contribution in [1.82, 2.24) is 10.3 Å². The van der Waals surface area contributed by atoms with Crippen LogP contribution in [-0.2, 0) is 4.79 Å². The van der Waals surface area contributed by atoms with Gasteiger partial charge in [0, 0.05) is 18.1 Å². The fourth-order valence-electron chi connectivity index (χ4n) is 2.25. The van der Waals surface area contributed by atoms with E-state index in [0.29, 0.717) is 17.1 Å². The molecule has 0 bridgehead atoms. The van der Waals surface area contributed by atoms with Crippen LogP contribution in [0.3, 0.4) is 0 Å². The highest BCUT2D eigenvalue weighted by atomic mass is 16.5. The topological polar surface area (TPSA) is 92.4 Å². The van der Waals surface area contributed by atoms with Gasteiger partial charge in [-0.1, -0.05) is 6.07 Å². The Labute approximate surface area is 133 Å². The van der Waals surface area contributed by atoms with Crippen LogP contribution in [0.5, 0.6) is 5.75 Å². The molecular weight excluding hydrogens is 296 g/mol. The molecule has 0 unspecified atom stereocenters. The minimum atomic E-state index is -0.318. The molecule has 2 heterocycles. The van der Waals surface area contributed by atoms with Gasteiger partial charge in [0.25, 0.3) is 5.91 Å². The molecule has 0 saturated carbocycles. The molecule has 2 aromatic rings. The van der Waals surface area contributed by atoms with Crippen LogP contribution in [0.1, 0.15) is 18.5 Å². The van der Waals surface area contributed by atoms with Crippen molar-refractivity contribution < 1.29 is 14.3 Å². The Morgan fingerprint density at radius 3 is 2.87 bits per heavy atom. The molecule has 0 fully saturated rings. The standard InChI is InChI=1S/C16H16N4O3/c1-10(18-16(22)19-12-4-6-17-7-5-12)11-2-3-14-13(8-11)20-15(21)9-23-14/h2-8,10H,9H2,1H3,(H,20,21)(H2,17,18,19,22)/t10-/m1/s1. The van der Waals surface area contributed by atoms with Crippen molar-refractivity contribution in [3.8, 4) is 5.75 Å². The number of aromatic nitrogens is 1. The first-order valence-electron chi connectivity index (χ1n) is 7.16. The molecule has 118 valence electrons. The third kappa shape index (κ3) is 3.57. The molecule has 1 aromatic carbocycles. The number of anilines is 2. The average Bonchev–Trinajstić information content (AvgIpc) is 2.54. The summed E-state index contributed by atoms with van der Waals surface area (Å²) in [4.78, 5) is 27.3. The second-order valence-corrected chi connectivity index (χ2v) is 5.15. The highest BCUT2D eigenvalue weighted by molar-refractivity contribution is 5.95. The van der Waals surface area contributed by atoms with Crippen LogP contribution in [0.2, 0.25) is 0 Å². The number of hydrogen-bond donors (Lipinski definition) is 3. The van der Waals surface area contributed by atoms with Crippen LogP contribution in [-0.4, -0.2) is 23.5 Å². The molecule has 0 saturated heterocycles. The summed E-state index contributed by atoms with van der Waals surface area (Å²) in [6.07, 6.45) is 3.20. The van der Waals surface area contributed by atoms with Crippen molar-refractivity contribution in [2.75, 3.05) is 17.2 Å². The first-order chi connectivity index (χ1) is 11.1. The molecule has 3 rings (SSSR count). The molecule has 3 amide bonds. The molecule has 1 aliphatic rings. The van der Waals surface area contributed by atoms with Gasteiger partial charge in [0.05, 0.1) is 11.7 Å². The van der Waals surface area contributed by atoms with E-state index in [-0.39, 0.29) is 24.6 Å². The zero-order valence-electron chi connectivity index (χ0n) is 12.5. The largest absolute Gasteiger partial charge is 0.482 e. The fourth-order valence-corrected chi connectivity index (χ4v) is 2.25. The number of ether oxygens (including phenoxy) is 1. The maximum atomic E-state index is 12.0. The van der Waals surface area contributed by atoms with E-state index in [1.165, 1.54) is 0 Å². The summed E-state index contributed by atoms with van der Waals surface area (Å²) in [5.41, 5.74) is 2.14. The molecular formula is C16H16N4O3. The number of carbonyl (C=O) groups is 2. The number of pyridine rings is 1. The third-order valence-electron chi connectivity index (χ3n) is 3.42. The Morgan fingerprint density at radius 2 is 2.09 bits per heavy atom. The van der Waals surface area contributed by atoms with Crippen molar-refractivity contribution in [2.45, 2.75) is 13.0 Å². The number of amides is 3. The maximum Gasteiger partial charge on any atom is 0.319 e. The van der Waals surface area contributed by atoms with Crippen LogP contribution >= 0.6 is 0 Å². The molecule has 1 aliphatic heterocycles. The number of nitrogens with zero attached hydrogens (tertiary/aromatic N) is 1. The van der Waals surface area contributed by atoms with Gasteiger partial charge < -0.3 is 20.7 Å². The van der Waals surface area contributed by atoms with Gasteiger partial charge in [-0.2, -0.15) is 0 Å². The first kappa shape index (κ1) is 14.8. The van der Waals surface area contributed by atoms with E-state index in [1.54, 1.807) is 36.7 Å². The molecule has 7 nitrogen and oxygen atoms in total. The minimum absolute atomic E-state index is 0.0223. The first-order valence-corrected chi connectivity index (χ1v) is 7.16. The minimum Gasteiger partial charge on any atom is -0.482 e. The van der Waals surface area contributed by atoms with Crippen molar-refractivity contribution in [3.63, 3.8) is 0 Å². The number of carbonyl (C=O) groups excluding carboxylic acids is 2. The summed E-state index contributed by atoms with van der Waals surface area (Å²) in [7, 11) is 0. The maximum absolute atomic E-state index is 12.0. The molecule has 0 radical (unpaired) electrons. The van der Waals surface area contributed by atoms with Gasteiger partial charge in [-0.25, -0.2) is 4.79 Å². The number of benzene rings is 1. The smallest absolute Gasteiger partial charge is 0.319 e. The van der Waals surface area contributed by atoms with Gasteiger partial charge >= 0.3 is 6.03 Å². The molecule has 23 heavy (non-hydrogen) atoms. The zero-order chi connectivity index (χ0) is 16.2. The van der Waals surface area contributed by atoms with Crippen LogP contribution in [0.15, 0.2) is 42.7 Å². The van der Waals surface area contributed by atoms with Gasteiger partial charge in [0.15, 0.2) is 6.61 Å². The normalized spacial score (nSPS) is 14.0. The molecule has 3 N–H and O–H groups in total. The second-order valence-electron chi connectivity index (χ2n) is 5.15. The lowest BCUT2D eigenvalue weighted by atomic mass is 10.1. The summed E-state index contributed by atoms with van der Waals surface area (Å²) < 4.78 is 5.31. The molecule has 7 heteroatoms. The van der Waals surface area contributed by atoms with Crippen LogP contribution in [0.25, 0.3) is 0 Å². The van der Waals surface area contributed by atoms with Crippen molar-refractivity contribution >= 4 is 23.3 Å². The predicted octanol–water partition coefficient (Wildman–Crippen LogP) is 2.30. The van der Waals surface area contributed by atoms with E-state index < -0.39 is 0 Å². The molecule has 0 aliphatic carbocycles. The number of urea groups is 1. The van der Waals surface area contributed by atoms with E-state index in [1.807, 2.05) is 13.0 Å². The summed E-state index contributed by atoms with van der Waals surface area (Å²) in [6.45, 7) is 1.88. The van der Waals surface area contributed by atoms with E-state index in [0.717, 1.165) is 5.56 Å². The fraction of sp³-hybridized carbons (Fsp3) is 0.188. The summed E-state index contributed by atoms with van der Waals surface area (Å²) in [5.74, 6) is 0.437. The van der Waals surface area contributed by atoms with Crippen LogP contribution in [0, 0.1) is 0 Å². The van der Waals surface area contributed by atoms with Gasteiger partial charge in [-0.05, 0) is 36.8 Å². The number of nitrogens with one attached hydrogen (secondary N) is 3. The Hall–Kier alpha value is -3.09. The summed E-state index contributed by atoms with van der Waals surface area (Å²) in [6, 6.07) is 8.29. The Bertz CT molecular complexity index is 733. The van der Waals surface area contributed by atoms with Crippen molar-refractivity contribution in [2.24, 2.45) is 0 Å². The second kappa shape index (κ2) is 6.35. The van der Waals surface area contributed by atoms with Crippen LogP contribution in [0.4, 0.5) is 16.2 Å². The van der Waals surface area contributed by atoms with E-state index in [9.17, 15) is 9.59 Å². The van der Waals surface area contributed by atoms with Crippen LogP contribution < -0.4 is 20.7 Å². The number of rotatable bonds is 3. The Balaban J connectivity index is 1.66. The Morgan fingerprint density at radius 1 is 1.30 bits per heavy atom. The van der Waals surface area contributed by atoms with Gasteiger partial charge in [0.2, 0.25) is 0 Å². The zero-order valence-corrected chi connectivity index (χ0v) is 12.5. The van der Waals surface area contributed by atoms with Gasteiger partial charge in [-0.15, -0.1) is 0 Å². The third-order valence-corrected chi connectivity index (χ3v) is 3.42. The number of hydrogen-bond acceptors (Lipinski definition) is 4. The molecule has 0 spiro atoms. The van der Waals surface area contributed by atoms with Gasteiger partial charge in [0.1, 0.15) is 5.75 Å². The van der Waals surface area contributed by atoms with Gasteiger partial charge in [-0.3, -0.25) is 9.78 Å². The van der Waals surface area contributed by atoms with E-state index in [2.05, 4.69) is 20.9 Å². The van der Waals surface area contributed by atoms with Crippen molar-refractivity contribution in [3.05, 3.63) is 48.3 Å².